The molecule has 7 nitrogen and oxygen atoms in total. The number of anilines is 1. The van der Waals surface area contributed by atoms with Crippen LogP contribution in [0.1, 0.15) is 30.1 Å². The Kier molecular flexibility index (Phi) is 7.89. The smallest absolute Gasteiger partial charge is 0.225 e. The van der Waals surface area contributed by atoms with Crippen LogP contribution in [0.3, 0.4) is 0 Å². The maximum Gasteiger partial charge on any atom is 0.225 e. The summed E-state index contributed by atoms with van der Waals surface area (Å²) in [5.41, 5.74) is 4.29. The second-order valence-corrected chi connectivity index (χ2v) is 7.57. The second kappa shape index (κ2) is 10.6. The molecule has 0 spiro atoms. The summed E-state index contributed by atoms with van der Waals surface area (Å²) in [6, 6.07) is 16.2. The molecule has 0 bridgehead atoms. The van der Waals surface area contributed by atoms with Gasteiger partial charge in [0.05, 0.1) is 11.0 Å². The number of fused-ring (bicyclic) bond motifs is 2. The Morgan fingerprint density at radius 3 is 2.81 bits per heavy atom. The van der Waals surface area contributed by atoms with Gasteiger partial charge in [-0.1, -0.05) is 30.3 Å². The monoisotopic (exact) mass is 532 g/mol. The highest BCUT2D eigenvalue weighted by Crippen LogP contribution is 2.31. The largest absolute Gasteiger partial charge is 0.356 e. The fourth-order valence-electron chi connectivity index (χ4n) is 4.05. The molecule has 1 unspecified atom stereocenters. The van der Waals surface area contributed by atoms with Crippen molar-refractivity contribution in [3.8, 4) is 0 Å². The van der Waals surface area contributed by atoms with Crippen molar-refractivity contribution < 1.29 is 4.79 Å². The fraction of sp³-hybridized carbons (Fsp3) is 0.348. The first-order valence-electron chi connectivity index (χ1n) is 10.4. The van der Waals surface area contributed by atoms with Gasteiger partial charge in [0.2, 0.25) is 5.91 Å². The van der Waals surface area contributed by atoms with Crippen LogP contribution in [0, 0.1) is 6.92 Å². The average Bonchev–Trinajstić information content (AvgIpc) is 3.08. The predicted molar refractivity (Wildman–Crippen MR) is 136 cm³/mol. The Labute approximate surface area is 199 Å². The van der Waals surface area contributed by atoms with Crippen molar-refractivity contribution in [2.45, 2.75) is 32.2 Å². The number of hydrogen-bond donors (Lipinski definition) is 3. The molecule has 4 rings (SSSR count). The molecular weight excluding hydrogens is 503 g/mol. The number of rotatable bonds is 6. The van der Waals surface area contributed by atoms with Crippen molar-refractivity contribution in [3.63, 3.8) is 0 Å². The SMILES string of the molecule is CN=C(NCCCn1c(C)nc2ccccc21)NCC1CC(=O)Nc2ccccc21.I. The van der Waals surface area contributed by atoms with Gasteiger partial charge in [0.15, 0.2) is 5.96 Å². The van der Waals surface area contributed by atoms with Gasteiger partial charge in [0, 0.05) is 44.7 Å². The first-order chi connectivity index (χ1) is 14.7. The molecule has 1 atom stereocenters. The minimum Gasteiger partial charge on any atom is -0.356 e. The number of imidazole rings is 1. The van der Waals surface area contributed by atoms with E-state index in [9.17, 15) is 4.79 Å². The third-order valence-electron chi connectivity index (χ3n) is 5.54. The minimum absolute atomic E-state index is 0. The maximum atomic E-state index is 12.0. The first-order valence-corrected chi connectivity index (χ1v) is 10.4. The summed E-state index contributed by atoms with van der Waals surface area (Å²) in [5.74, 6) is 1.98. The van der Waals surface area contributed by atoms with Gasteiger partial charge in [-0.2, -0.15) is 0 Å². The first kappa shape index (κ1) is 23.1. The normalized spacial score (nSPS) is 15.7. The lowest BCUT2D eigenvalue weighted by atomic mass is 9.90. The van der Waals surface area contributed by atoms with Crippen molar-refractivity contribution in [1.29, 1.82) is 0 Å². The van der Waals surface area contributed by atoms with Gasteiger partial charge in [-0.05, 0) is 37.1 Å². The van der Waals surface area contributed by atoms with E-state index in [-0.39, 0.29) is 35.8 Å². The molecule has 2 heterocycles. The Balaban J connectivity index is 0.00000272. The predicted octanol–water partition coefficient (Wildman–Crippen LogP) is 3.64. The molecule has 0 radical (unpaired) electrons. The zero-order valence-corrected chi connectivity index (χ0v) is 20.2. The van der Waals surface area contributed by atoms with E-state index in [4.69, 9.17) is 0 Å². The Morgan fingerprint density at radius 1 is 1.19 bits per heavy atom. The number of carbonyl (C=O) groups is 1. The molecule has 3 aromatic rings. The van der Waals surface area contributed by atoms with Gasteiger partial charge in [-0.15, -0.1) is 24.0 Å². The summed E-state index contributed by atoms with van der Waals surface area (Å²) in [4.78, 5) is 20.9. The topological polar surface area (TPSA) is 83.3 Å². The summed E-state index contributed by atoms with van der Waals surface area (Å²) in [6.45, 7) is 4.40. The molecule has 0 aliphatic carbocycles. The lowest BCUT2D eigenvalue weighted by molar-refractivity contribution is -0.116. The molecule has 8 heteroatoms. The molecule has 1 aliphatic rings. The number of halogens is 1. The molecule has 2 aromatic carbocycles. The van der Waals surface area contributed by atoms with Crippen LogP contribution in [0.5, 0.6) is 0 Å². The van der Waals surface area contributed by atoms with Crippen LogP contribution in [0.4, 0.5) is 5.69 Å². The van der Waals surface area contributed by atoms with Crippen LogP contribution < -0.4 is 16.0 Å². The number of carbonyl (C=O) groups excluding carboxylic acids is 1. The number of hydrogen-bond acceptors (Lipinski definition) is 3. The van der Waals surface area contributed by atoms with Crippen molar-refractivity contribution in [2.24, 2.45) is 4.99 Å². The van der Waals surface area contributed by atoms with Gasteiger partial charge < -0.3 is 20.5 Å². The van der Waals surface area contributed by atoms with Crippen LogP contribution >= 0.6 is 24.0 Å². The van der Waals surface area contributed by atoms with Crippen molar-refractivity contribution in [2.75, 3.05) is 25.5 Å². The molecule has 31 heavy (non-hydrogen) atoms. The van der Waals surface area contributed by atoms with E-state index < -0.39 is 0 Å². The second-order valence-electron chi connectivity index (χ2n) is 7.57. The van der Waals surface area contributed by atoms with E-state index in [1.165, 1.54) is 11.1 Å². The average molecular weight is 532 g/mol. The number of aryl methyl sites for hydroxylation is 2. The minimum atomic E-state index is 0. The van der Waals surface area contributed by atoms with Gasteiger partial charge in [0.25, 0.3) is 0 Å². The quantitative estimate of drug-likeness (QED) is 0.196. The number of nitrogens with zero attached hydrogens (tertiary/aromatic N) is 3. The van der Waals surface area contributed by atoms with E-state index >= 15 is 0 Å². The fourth-order valence-corrected chi connectivity index (χ4v) is 4.05. The zero-order chi connectivity index (χ0) is 20.9. The molecule has 3 N–H and O–H groups in total. The highest BCUT2D eigenvalue weighted by molar-refractivity contribution is 14.0. The number of benzene rings is 2. The summed E-state index contributed by atoms with van der Waals surface area (Å²) in [5, 5.41) is 9.70. The number of amides is 1. The number of aliphatic imine (C=N–C) groups is 1. The van der Waals surface area contributed by atoms with E-state index in [1.54, 1.807) is 7.05 Å². The van der Waals surface area contributed by atoms with Crippen LogP contribution in [-0.2, 0) is 11.3 Å². The highest BCUT2D eigenvalue weighted by atomic mass is 127. The van der Waals surface area contributed by atoms with Gasteiger partial charge >= 0.3 is 0 Å². The standard InChI is InChI=1S/C23H28N6O.HI/c1-16-27-20-10-5-6-11-21(20)29(16)13-7-12-25-23(24-2)26-15-17-14-22(30)28-19-9-4-3-8-18(17)19;/h3-6,8-11,17H,7,12-15H2,1-2H3,(H,28,30)(H2,24,25,26);1H. The molecular formula is C23H29IN6O. The van der Waals surface area contributed by atoms with Crippen LogP contribution in [-0.4, -0.2) is 41.6 Å². The maximum absolute atomic E-state index is 12.0. The third kappa shape index (κ3) is 5.36. The lowest BCUT2D eigenvalue weighted by Gasteiger charge is -2.26. The lowest BCUT2D eigenvalue weighted by Crippen LogP contribution is -2.41. The van der Waals surface area contributed by atoms with Crippen molar-refractivity contribution in [1.82, 2.24) is 20.2 Å². The third-order valence-corrected chi connectivity index (χ3v) is 5.54. The molecule has 1 aliphatic heterocycles. The van der Waals surface area contributed by atoms with Crippen LogP contribution in [0.2, 0.25) is 0 Å². The summed E-state index contributed by atoms with van der Waals surface area (Å²) < 4.78 is 2.25. The molecule has 1 aromatic heterocycles. The molecule has 0 saturated carbocycles. The van der Waals surface area contributed by atoms with E-state index in [0.717, 1.165) is 42.5 Å². The zero-order valence-electron chi connectivity index (χ0n) is 17.9. The van der Waals surface area contributed by atoms with Gasteiger partial charge in [-0.25, -0.2) is 4.98 Å². The van der Waals surface area contributed by atoms with Crippen LogP contribution in [0.15, 0.2) is 53.5 Å². The molecule has 0 saturated heterocycles. The summed E-state index contributed by atoms with van der Waals surface area (Å²) in [7, 11) is 1.77. The van der Waals surface area contributed by atoms with Gasteiger partial charge in [-0.3, -0.25) is 9.79 Å². The van der Waals surface area contributed by atoms with Crippen molar-refractivity contribution >= 4 is 52.6 Å². The van der Waals surface area contributed by atoms with E-state index in [1.807, 2.05) is 43.3 Å². The number of aromatic nitrogens is 2. The van der Waals surface area contributed by atoms with Crippen LogP contribution in [0.25, 0.3) is 11.0 Å². The van der Waals surface area contributed by atoms with E-state index in [2.05, 4.69) is 42.6 Å². The van der Waals surface area contributed by atoms with Crippen molar-refractivity contribution in [3.05, 3.63) is 59.9 Å². The Bertz CT molecular complexity index is 1080. The number of nitrogens with one attached hydrogen (secondary N) is 3. The van der Waals surface area contributed by atoms with Gasteiger partial charge in [0.1, 0.15) is 5.82 Å². The van der Waals surface area contributed by atoms with E-state index in [0.29, 0.717) is 13.0 Å². The molecule has 1 amide bonds. The Hall–Kier alpha value is -2.62. The summed E-state index contributed by atoms with van der Waals surface area (Å²) in [6.07, 6.45) is 1.44. The highest BCUT2D eigenvalue weighted by Gasteiger charge is 2.24. The summed E-state index contributed by atoms with van der Waals surface area (Å²) >= 11 is 0. The molecule has 0 fully saturated rings. The number of guanidine groups is 1. The molecule has 164 valence electrons. The number of para-hydroxylation sites is 3. The Morgan fingerprint density at radius 2 is 1.97 bits per heavy atom.